The summed E-state index contributed by atoms with van der Waals surface area (Å²) in [5.41, 5.74) is 13.5. The first-order valence-corrected chi connectivity index (χ1v) is 1.79. The molecule has 0 aliphatic rings. The quantitative estimate of drug-likeness (QED) is 0.237. The molecule has 0 spiro atoms. The highest BCUT2D eigenvalue weighted by molar-refractivity contribution is 5.91. The molecule has 8 heavy (non-hydrogen) atoms. The molecule has 0 aliphatic carbocycles. The van der Waals surface area contributed by atoms with E-state index in [0.717, 1.165) is 0 Å². The molecule has 0 aromatic rings. The Hall–Kier alpha value is -1.39. The van der Waals surface area contributed by atoms with Crippen LogP contribution in [-0.4, -0.2) is 11.0 Å². The maximum Gasteiger partial charge on any atom is 0.270 e. The van der Waals surface area contributed by atoms with Gasteiger partial charge in [-0.3, -0.25) is 4.79 Å². The summed E-state index contributed by atoms with van der Waals surface area (Å²) in [6.45, 7) is 0. The van der Waals surface area contributed by atoms with Crippen LogP contribution in [0.2, 0.25) is 0 Å². The smallest absolute Gasteiger partial charge is 0.270 e. The van der Waals surface area contributed by atoms with E-state index in [2.05, 4.69) is 11.5 Å². The van der Waals surface area contributed by atoms with Crippen LogP contribution in [0.4, 0.5) is 0 Å². The molecule has 0 atom stereocenters. The second-order valence-electron chi connectivity index (χ2n) is 1.16. The van der Waals surface area contributed by atoms with Gasteiger partial charge in [0, 0.05) is 0 Å². The lowest BCUT2D eigenvalue weighted by molar-refractivity contribution is -0.114. The first-order valence-electron chi connectivity index (χ1n) is 1.79. The van der Waals surface area contributed by atoms with E-state index in [9.17, 15) is 4.79 Å². The summed E-state index contributed by atoms with van der Waals surface area (Å²) in [6, 6.07) is 0. The van der Waals surface area contributed by atoms with Crippen LogP contribution in [0.25, 0.3) is 0 Å². The first-order chi connectivity index (χ1) is 3.55. The van der Waals surface area contributed by atoms with Gasteiger partial charge in [0.15, 0.2) is 5.70 Å². The van der Waals surface area contributed by atoms with E-state index in [-0.39, 0.29) is 0 Å². The molecule has 0 bridgehead atoms. The van der Waals surface area contributed by atoms with Crippen molar-refractivity contribution in [2.75, 3.05) is 0 Å². The molecule has 0 radical (unpaired) electrons. The second-order valence-corrected chi connectivity index (χ2v) is 1.16. The summed E-state index contributed by atoms with van der Waals surface area (Å²) in [7, 11) is 0. The fraction of sp³-hybridized carbons (Fsp3) is 0. The maximum atomic E-state index is 9.94. The van der Waals surface area contributed by atoms with E-state index in [1.54, 1.807) is 0 Å². The van der Waals surface area contributed by atoms with Gasteiger partial charge >= 0.3 is 0 Å². The molecule has 5 nitrogen and oxygen atoms in total. The normalized spacial score (nSPS) is 12.5. The molecule has 0 aromatic carbocycles. The monoisotopic (exact) mass is 117 g/mol. The van der Waals surface area contributed by atoms with Crippen molar-refractivity contribution in [3.05, 3.63) is 11.6 Å². The summed E-state index contributed by atoms with van der Waals surface area (Å²) < 4.78 is 0. The third-order valence-electron chi connectivity index (χ3n) is 0.541. The van der Waals surface area contributed by atoms with Gasteiger partial charge < -0.3 is 22.3 Å². The largest absolute Gasteiger partial charge is 0.493 e. The molecule has 5 heteroatoms. The van der Waals surface area contributed by atoms with Crippen LogP contribution in [0.5, 0.6) is 0 Å². The van der Waals surface area contributed by atoms with Crippen LogP contribution < -0.4 is 17.2 Å². The van der Waals surface area contributed by atoms with E-state index < -0.39 is 17.5 Å². The Kier molecular flexibility index (Phi) is 1.70. The van der Waals surface area contributed by atoms with Crippen LogP contribution in [-0.2, 0) is 4.79 Å². The van der Waals surface area contributed by atoms with Crippen LogP contribution in [0.3, 0.4) is 0 Å². The topological polar surface area (TPSA) is 115 Å². The van der Waals surface area contributed by atoms with Crippen molar-refractivity contribution in [1.29, 1.82) is 0 Å². The zero-order chi connectivity index (χ0) is 6.73. The molecule has 0 saturated heterocycles. The SMILES string of the molecule is NC(=O)/C(N)=C(\N)O. The highest BCUT2D eigenvalue weighted by atomic mass is 16.3. The number of aliphatic hydroxyl groups is 1. The fourth-order valence-corrected chi connectivity index (χ4v) is 0.126. The molecule has 0 heterocycles. The van der Waals surface area contributed by atoms with Gasteiger partial charge in [-0.05, 0) is 0 Å². The first kappa shape index (κ1) is 6.61. The Labute approximate surface area is 45.8 Å². The number of carbonyl (C=O) groups excluding carboxylic acids is 1. The minimum atomic E-state index is -0.926. The number of aliphatic hydroxyl groups excluding tert-OH is 1. The number of rotatable bonds is 1. The Bertz CT molecular complexity index is 135. The summed E-state index contributed by atoms with van der Waals surface area (Å²) in [6.07, 6.45) is 0. The van der Waals surface area contributed by atoms with E-state index >= 15 is 0 Å². The molecule has 0 aromatic heterocycles. The van der Waals surface area contributed by atoms with E-state index in [1.807, 2.05) is 0 Å². The third kappa shape index (κ3) is 1.38. The average Bonchev–Trinajstić information content (AvgIpc) is 1.64. The van der Waals surface area contributed by atoms with Crippen LogP contribution in [0.15, 0.2) is 11.6 Å². The van der Waals surface area contributed by atoms with E-state index in [1.165, 1.54) is 0 Å². The molecule has 1 amide bonds. The molecule has 0 rings (SSSR count). The van der Waals surface area contributed by atoms with E-state index in [4.69, 9.17) is 10.8 Å². The van der Waals surface area contributed by atoms with Gasteiger partial charge in [-0.25, -0.2) is 0 Å². The summed E-state index contributed by atoms with van der Waals surface area (Å²) in [5.74, 6) is -1.66. The lowest BCUT2D eigenvalue weighted by atomic mass is 10.4. The minimum Gasteiger partial charge on any atom is -0.493 e. The number of nitrogens with two attached hydrogens (primary N) is 3. The summed E-state index contributed by atoms with van der Waals surface area (Å²) in [4.78, 5) is 9.94. The van der Waals surface area contributed by atoms with Crippen molar-refractivity contribution in [2.24, 2.45) is 17.2 Å². The molecular formula is C3H7N3O2. The maximum absolute atomic E-state index is 9.94. The van der Waals surface area contributed by atoms with E-state index in [0.29, 0.717) is 0 Å². The van der Waals surface area contributed by atoms with Crippen molar-refractivity contribution < 1.29 is 9.90 Å². The average molecular weight is 117 g/mol. The number of hydrogen-bond acceptors (Lipinski definition) is 4. The van der Waals surface area contributed by atoms with Gasteiger partial charge in [0.2, 0.25) is 5.88 Å². The van der Waals surface area contributed by atoms with Crippen LogP contribution >= 0.6 is 0 Å². The highest BCUT2D eigenvalue weighted by Crippen LogP contribution is 1.81. The van der Waals surface area contributed by atoms with Crippen LogP contribution in [0.1, 0.15) is 0 Å². The Balaban J connectivity index is 4.23. The van der Waals surface area contributed by atoms with Crippen molar-refractivity contribution in [3.8, 4) is 0 Å². The molecule has 46 valence electrons. The fourth-order valence-electron chi connectivity index (χ4n) is 0.126. The molecule has 0 fully saturated rings. The lowest BCUT2D eigenvalue weighted by Gasteiger charge is -1.92. The second kappa shape index (κ2) is 2.06. The van der Waals surface area contributed by atoms with Gasteiger partial charge in [0.05, 0.1) is 0 Å². The van der Waals surface area contributed by atoms with Crippen molar-refractivity contribution in [1.82, 2.24) is 0 Å². The molecule has 7 N–H and O–H groups in total. The Morgan fingerprint density at radius 2 is 1.62 bits per heavy atom. The number of primary amides is 1. The number of hydrogen-bond donors (Lipinski definition) is 4. The molecule has 0 unspecified atom stereocenters. The van der Waals surface area contributed by atoms with Crippen molar-refractivity contribution in [3.63, 3.8) is 0 Å². The summed E-state index contributed by atoms with van der Waals surface area (Å²) >= 11 is 0. The molecule has 0 aliphatic heterocycles. The number of carbonyl (C=O) groups is 1. The zero-order valence-electron chi connectivity index (χ0n) is 4.09. The minimum absolute atomic E-state index is 0.509. The molecular weight excluding hydrogens is 110 g/mol. The third-order valence-corrected chi connectivity index (χ3v) is 0.541. The number of amides is 1. The Morgan fingerprint density at radius 3 is 1.62 bits per heavy atom. The standard InChI is InChI=1S/C3H7N3O2/c4-1(2(5)7)3(6)8/h7H,4-5H2,(H2,6,8)/b2-1-. The molecule has 0 saturated carbocycles. The van der Waals surface area contributed by atoms with Crippen LogP contribution in [0, 0.1) is 0 Å². The van der Waals surface area contributed by atoms with Gasteiger partial charge in [-0.15, -0.1) is 0 Å². The zero-order valence-corrected chi connectivity index (χ0v) is 4.09. The van der Waals surface area contributed by atoms with Crippen molar-refractivity contribution >= 4 is 5.91 Å². The predicted molar refractivity (Wildman–Crippen MR) is 27.2 cm³/mol. The van der Waals surface area contributed by atoms with Gasteiger partial charge in [-0.1, -0.05) is 0 Å². The van der Waals surface area contributed by atoms with Crippen molar-refractivity contribution in [2.45, 2.75) is 0 Å². The van der Waals surface area contributed by atoms with Gasteiger partial charge in [-0.2, -0.15) is 0 Å². The summed E-state index contributed by atoms with van der Waals surface area (Å²) in [5, 5.41) is 8.22. The Morgan fingerprint density at radius 1 is 1.25 bits per heavy atom. The van der Waals surface area contributed by atoms with Gasteiger partial charge in [0.1, 0.15) is 0 Å². The van der Waals surface area contributed by atoms with Gasteiger partial charge in [0.25, 0.3) is 5.91 Å². The highest BCUT2D eigenvalue weighted by Gasteiger charge is 2.01. The lowest BCUT2D eigenvalue weighted by Crippen LogP contribution is -2.24. The predicted octanol–water partition coefficient (Wildman–Crippen LogP) is -1.88.